The lowest BCUT2D eigenvalue weighted by molar-refractivity contribution is 0.0995. The third kappa shape index (κ3) is 3.10. The van der Waals surface area contributed by atoms with Crippen LogP contribution in [0.3, 0.4) is 0 Å². The van der Waals surface area contributed by atoms with Gasteiger partial charge >= 0.3 is 0 Å². The summed E-state index contributed by atoms with van der Waals surface area (Å²) in [5.74, 6) is 0.149. The molecule has 0 bridgehead atoms. The van der Waals surface area contributed by atoms with E-state index < -0.39 is 5.91 Å². The second-order valence-corrected chi connectivity index (χ2v) is 5.89. The van der Waals surface area contributed by atoms with E-state index in [9.17, 15) is 9.90 Å². The third-order valence-corrected chi connectivity index (χ3v) is 3.94. The smallest absolute Gasteiger partial charge is 0.295 e. The van der Waals surface area contributed by atoms with Crippen LogP contribution in [0.5, 0.6) is 11.6 Å². The van der Waals surface area contributed by atoms with Crippen LogP contribution in [0.4, 0.5) is 5.69 Å². The molecule has 6 heteroatoms. The van der Waals surface area contributed by atoms with E-state index in [2.05, 4.69) is 10.2 Å². The topological polar surface area (TPSA) is 76.2 Å². The number of methoxy groups -OCH3 is 1. The molecule has 25 heavy (non-hydrogen) atoms. The fourth-order valence-electron chi connectivity index (χ4n) is 2.75. The van der Waals surface area contributed by atoms with Crippen molar-refractivity contribution in [2.75, 3.05) is 7.11 Å². The normalized spacial score (nSPS) is 11.5. The Morgan fingerprint density at radius 1 is 1.16 bits per heavy atom. The first-order valence-corrected chi connectivity index (χ1v) is 7.95. The summed E-state index contributed by atoms with van der Waals surface area (Å²) in [4.78, 5) is 12.2. The Morgan fingerprint density at radius 2 is 1.88 bits per heavy atom. The van der Waals surface area contributed by atoms with Gasteiger partial charge in [-0.15, -0.1) is 10.2 Å². The molecular formula is C19H19N3O3. The van der Waals surface area contributed by atoms with Gasteiger partial charge in [0.25, 0.3) is 5.91 Å². The summed E-state index contributed by atoms with van der Waals surface area (Å²) in [6.45, 7) is 3.92. The quantitative estimate of drug-likeness (QED) is 0.691. The van der Waals surface area contributed by atoms with Crippen LogP contribution in [-0.2, 0) is 0 Å². The second kappa shape index (κ2) is 6.76. The number of ether oxygens (including phenoxy) is 1. The highest BCUT2D eigenvalue weighted by atomic mass is 16.5. The highest BCUT2D eigenvalue weighted by Crippen LogP contribution is 2.42. The zero-order chi connectivity index (χ0) is 18.0. The standard InChI is InChI=1S/C19H19N3O3/c1-12(2)22-16-10-9-14(25-3)11-15(16)17(19(22)24)20-21-18(23)13-7-5-4-6-8-13/h4-12,24H,1-3H3. The Bertz CT molecular complexity index is 943. The van der Waals surface area contributed by atoms with E-state index in [0.717, 1.165) is 5.52 Å². The number of rotatable bonds is 4. The predicted octanol–water partition coefficient (Wildman–Crippen LogP) is 4.86. The SMILES string of the molecule is COc1ccc2c(c1)c(N=NC(=O)c1ccccc1)c(O)n2C(C)C. The van der Waals surface area contributed by atoms with E-state index in [1.54, 1.807) is 42.0 Å². The monoisotopic (exact) mass is 337 g/mol. The predicted molar refractivity (Wildman–Crippen MR) is 95.8 cm³/mol. The molecule has 0 aliphatic heterocycles. The van der Waals surface area contributed by atoms with Crippen LogP contribution in [0, 0.1) is 0 Å². The van der Waals surface area contributed by atoms with Gasteiger partial charge in [0.05, 0.1) is 12.6 Å². The number of aromatic nitrogens is 1. The molecule has 0 aliphatic rings. The first-order valence-electron chi connectivity index (χ1n) is 7.95. The number of aromatic hydroxyl groups is 1. The summed E-state index contributed by atoms with van der Waals surface area (Å²) in [6.07, 6.45) is 0. The van der Waals surface area contributed by atoms with Crippen molar-refractivity contribution >= 4 is 22.5 Å². The molecule has 0 spiro atoms. The summed E-state index contributed by atoms with van der Waals surface area (Å²) in [7, 11) is 1.57. The van der Waals surface area contributed by atoms with Gasteiger partial charge in [-0.05, 0) is 44.2 Å². The molecule has 2 aromatic carbocycles. The van der Waals surface area contributed by atoms with Gasteiger partial charge in [0.2, 0.25) is 5.88 Å². The first kappa shape index (κ1) is 16.7. The highest BCUT2D eigenvalue weighted by Gasteiger charge is 2.19. The van der Waals surface area contributed by atoms with Crippen molar-refractivity contribution in [3.63, 3.8) is 0 Å². The minimum Gasteiger partial charge on any atom is -0.497 e. The Labute approximate surface area is 145 Å². The number of fused-ring (bicyclic) bond motifs is 1. The molecule has 1 amide bonds. The van der Waals surface area contributed by atoms with Gasteiger partial charge in [-0.1, -0.05) is 18.2 Å². The molecule has 0 saturated heterocycles. The molecule has 6 nitrogen and oxygen atoms in total. The maximum absolute atomic E-state index is 12.2. The number of hydrogen-bond acceptors (Lipinski definition) is 4. The van der Waals surface area contributed by atoms with Gasteiger partial charge in [0, 0.05) is 17.0 Å². The second-order valence-electron chi connectivity index (χ2n) is 5.89. The van der Waals surface area contributed by atoms with E-state index in [0.29, 0.717) is 16.7 Å². The van der Waals surface area contributed by atoms with Gasteiger partial charge in [-0.3, -0.25) is 4.79 Å². The number of carbonyl (C=O) groups is 1. The molecule has 0 atom stereocenters. The van der Waals surface area contributed by atoms with Crippen LogP contribution < -0.4 is 4.74 Å². The molecular weight excluding hydrogens is 318 g/mol. The number of carbonyl (C=O) groups excluding carboxylic acids is 1. The lowest BCUT2D eigenvalue weighted by atomic mass is 10.2. The lowest BCUT2D eigenvalue weighted by Crippen LogP contribution is -1.99. The van der Waals surface area contributed by atoms with Crippen LogP contribution in [0.15, 0.2) is 58.8 Å². The van der Waals surface area contributed by atoms with Gasteiger partial charge in [0.15, 0.2) is 5.69 Å². The van der Waals surface area contributed by atoms with Crippen molar-refractivity contribution in [2.45, 2.75) is 19.9 Å². The fraction of sp³-hybridized carbons (Fsp3) is 0.211. The summed E-state index contributed by atoms with van der Waals surface area (Å²) in [5.41, 5.74) is 1.50. The van der Waals surface area contributed by atoms with E-state index in [4.69, 9.17) is 4.74 Å². The van der Waals surface area contributed by atoms with Crippen LogP contribution in [-0.4, -0.2) is 22.7 Å². The molecule has 3 rings (SSSR count). The fourth-order valence-corrected chi connectivity index (χ4v) is 2.75. The molecule has 1 aromatic heterocycles. The zero-order valence-corrected chi connectivity index (χ0v) is 14.3. The summed E-state index contributed by atoms with van der Waals surface area (Å²) in [5, 5.41) is 19.1. The maximum Gasteiger partial charge on any atom is 0.295 e. The molecule has 3 aromatic rings. The Kier molecular flexibility index (Phi) is 4.52. The summed E-state index contributed by atoms with van der Waals surface area (Å²) in [6, 6.07) is 14.1. The maximum atomic E-state index is 12.2. The van der Waals surface area contributed by atoms with Gasteiger partial charge in [-0.2, -0.15) is 0 Å². The zero-order valence-electron chi connectivity index (χ0n) is 14.3. The first-order chi connectivity index (χ1) is 12.0. The number of amides is 1. The Morgan fingerprint density at radius 3 is 2.52 bits per heavy atom. The number of hydrogen-bond donors (Lipinski definition) is 1. The van der Waals surface area contributed by atoms with Gasteiger partial charge in [0.1, 0.15) is 5.75 Å². The van der Waals surface area contributed by atoms with Crippen molar-refractivity contribution in [2.24, 2.45) is 10.2 Å². The molecule has 0 unspecified atom stereocenters. The van der Waals surface area contributed by atoms with Gasteiger partial charge < -0.3 is 14.4 Å². The summed E-state index contributed by atoms with van der Waals surface area (Å²) < 4.78 is 7.00. The van der Waals surface area contributed by atoms with E-state index in [1.165, 1.54) is 0 Å². The molecule has 0 saturated carbocycles. The largest absolute Gasteiger partial charge is 0.497 e. The molecule has 0 aliphatic carbocycles. The minimum absolute atomic E-state index is 0.0182. The van der Waals surface area contributed by atoms with Crippen LogP contribution in [0.2, 0.25) is 0 Å². The lowest BCUT2D eigenvalue weighted by Gasteiger charge is -2.10. The van der Waals surface area contributed by atoms with E-state index in [1.807, 2.05) is 32.0 Å². The average molecular weight is 337 g/mol. The third-order valence-electron chi connectivity index (χ3n) is 3.94. The number of nitrogens with zero attached hydrogens (tertiary/aromatic N) is 3. The van der Waals surface area contributed by atoms with Crippen molar-refractivity contribution < 1.29 is 14.6 Å². The Hall–Kier alpha value is -3.15. The van der Waals surface area contributed by atoms with E-state index >= 15 is 0 Å². The van der Waals surface area contributed by atoms with Crippen LogP contribution in [0.25, 0.3) is 10.9 Å². The average Bonchev–Trinajstić information content (AvgIpc) is 2.91. The van der Waals surface area contributed by atoms with Crippen molar-refractivity contribution in [1.29, 1.82) is 0 Å². The molecule has 1 heterocycles. The van der Waals surface area contributed by atoms with Crippen molar-refractivity contribution in [3.8, 4) is 11.6 Å². The van der Waals surface area contributed by atoms with Gasteiger partial charge in [-0.25, -0.2) is 0 Å². The molecule has 0 radical (unpaired) electrons. The summed E-state index contributed by atoms with van der Waals surface area (Å²) >= 11 is 0. The van der Waals surface area contributed by atoms with Crippen LogP contribution >= 0.6 is 0 Å². The number of azo groups is 1. The highest BCUT2D eigenvalue weighted by molar-refractivity contribution is 5.98. The van der Waals surface area contributed by atoms with Crippen molar-refractivity contribution in [1.82, 2.24) is 4.57 Å². The Balaban J connectivity index is 2.10. The van der Waals surface area contributed by atoms with Crippen molar-refractivity contribution in [3.05, 3.63) is 54.1 Å². The number of benzene rings is 2. The molecule has 128 valence electrons. The van der Waals surface area contributed by atoms with E-state index in [-0.39, 0.29) is 17.6 Å². The molecule has 1 N–H and O–H groups in total. The molecule has 0 fully saturated rings. The van der Waals surface area contributed by atoms with Crippen LogP contribution in [0.1, 0.15) is 30.2 Å². The minimum atomic E-state index is -0.464.